The van der Waals surface area contributed by atoms with Crippen LogP contribution in [0.25, 0.3) is 11.3 Å². The molecular weight excluding hydrogens is 364 g/mol. The molecule has 1 aromatic heterocycles. The van der Waals surface area contributed by atoms with Crippen LogP contribution in [0.5, 0.6) is 0 Å². The first-order chi connectivity index (χ1) is 13.1. The highest BCUT2D eigenvalue weighted by atomic mass is 32.2. The third-order valence-corrected chi connectivity index (χ3v) is 5.30. The SMILES string of the molecule is C[C@@H]1Sc2ccc(C(=O)OCc3cc(-c4ccccc4)no3)cc2NC1=O. The van der Waals surface area contributed by atoms with Gasteiger partial charge in [-0.25, -0.2) is 4.79 Å². The van der Waals surface area contributed by atoms with Crippen LogP contribution in [0.2, 0.25) is 0 Å². The summed E-state index contributed by atoms with van der Waals surface area (Å²) in [6.45, 7) is 1.82. The molecule has 3 aromatic rings. The van der Waals surface area contributed by atoms with Crippen molar-refractivity contribution in [3.63, 3.8) is 0 Å². The summed E-state index contributed by atoms with van der Waals surface area (Å²) < 4.78 is 10.5. The van der Waals surface area contributed by atoms with E-state index in [1.54, 1.807) is 18.2 Å². The predicted octanol–water partition coefficient (Wildman–Crippen LogP) is 4.13. The maximum Gasteiger partial charge on any atom is 0.338 e. The van der Waals surface area contributed by atoms with Gasteiger partial charge in [-0.1, -0.05) is 35.5 Å². The van der Waals surface area contributed by atoms with Crippen molar-refractivity contribution in [2.45, 2.75) is 23.7 Å². The van der Waals surface area contributed by atoms with Crippen molar-refractivity contribution in [3.05, 3.63) is 65.9 Å². The van der Waals surface area contributed by atoms with Gasteiger partial charge < -0.3 is 14.6 Å². The van der Waals surface area contributed by atoms with Crippen molar-refractivity contribution >= 4 is 29.3 Å². The van der Waals surface area contributed by atoms with Crippen LogP contribution >= 0.6 is 11.8 Å². The Balaban J connectivity index is 1.42. The number of carbonyl (C=O) groups excluding carboxylic acids is 2. The number of anilines is 1. The van der Waals surface area contributed by atoms with Crippen LogP contribution in [0.1, 0.15) is 23.0 Å². The van der Waals surface area contributed by atoms with Gasteiger partial charge in [-0.2, -0.15) is 0 Å². The van der Waals surface area contributed by atoms with Gasteiger partial charge in [0.1, 0.15) is 5.69 Å². The first-order valence-corrected chi connectivity index (χ1v) is 9.28. The number of carbonyl (C=O) groups is 2. The van der Waals surface area contributed by atoms with E-state index in [0.717, 1.165) is 10.5 Å². The van der Waals surface area contributed by atoms with Gasteiger partial charge in [-0.05, 0) is 25.1 Å². The molecule has 1 atom stereocenters. The lowest BCUT2D eigenvalue weighted by atomic mass is 10.1. The van der Waals surface area contributed by atoms with Crippen LogP contribution in [0, 0.1) is 0 Å². The number of thioether (sulfide) groups is 1. The Hall–Kier alpha value is -3.06. The summed E-state index contributed by atoms with van der Waals surface area (Å²) in [5.74, 6) is -0.112. The molecule has 0 bridgehead atoms. The second kappa shape index (κ2) is 7.28. The zero-order chi connectivity index (χ0) is 18.8. The Morgan fingerprint density at radius 3 is 2.85 bits per heavy atom. The lowest BCUT2D eigenvalue weighted by Crippen LogP contribution is -2.26. The quantitative estimate of drug-likeness (QED) is 0.686. The number of esters is 1. The highest BCUT2D eigenvalue weighted by Gasteiger charge is 2.24. The number of benzene rings is 2. The monoisotopic (exact) mass is 380 g/mol. The normalized spacial score (nSPS) is 15.7. The van der Waals surface area contributed by atoms with Crippen LogP contribution in [-0.4, -0.2) is 22.3 Å². The highest BCUT2D eigenvalue weighted by Crippen LogP contribution is 2.36. The van der Waals surface area contributed by atoms with E-state index in [0.29, 0.717) is 22.7 Å². The van der Waals surface area contributed by atoms with Crippen LogP contribution in [0.3, 0.4) is 0 Å². The third-order valence-electron chi connectivity index (χ3n) is 4.12. The fourth-order valence-corrected chi connectivity index (χ4v) is 3.61. The molecule has 0 unspecified atom stereocenters. The molecule has 0 aliphatic carbocycles. The average molecular weight is 380 g/mol. The molecule has 1 amide bonds. The van der Waals surface area contributed by atoms with Gasteiger partial charge in [0.15, 0.2) is 12.4 Å². The van der Waals surface area contributed by atoms with Crippen LogP contribution in [0.15, 0.2) is 64.0 Å². The van der Waals surface area contributed by atoms with E-state index in [4.69, 9.17) is 9.26 Å². The molecule has 136 valence electrons. The van der Waals surface area contributed by atoms with Crippen molar-refractivity contribution in [2.24, 2.45) is 0 Å². The van der Waals surface area contributed by atoms with Crippen molar-refractivity contribution in [1.82, 2.24) is 5.16 Å². The standard InChI is InChI=1S/C20H16N2O4S/c1-12-19(23)21-17-9-14(7-8-18(17)27-12)20(24)25-11-15-10-16(22-26-15)13-5-3-2-4-6-13/h2-10,12H,11H2,1H3,(H,21,23)/t12-/m0/s1. The van der Waals surface area contributed by atoms with Crippen LogP contribution in [0.4, 0.5) is 5.69 Å². The molecule has 0 saturated heterocycles. The second-order valence-electron chi connectivity index (χ2n) is 6.08. The number of fused-ring (bicyclic) bond motifs is 1. The minimum atomic E-state index is -0.492. The fourth-order valence-electron chi connectivity index (χ4n) is 2.68. The average Bonchev–Trinajstić information content (AvgIpc) is 3.16. The molecule has 27 heavy (non-hydrogen) atoms. The molecule has 0 saturated carbocycles. The first-order valence-electron chi connectivity index (χ1n) is 8.40. The molecule has 0 fully saturated rings. The van der Waals surface area contributed by atoms with Crippen molar-refractivity contribution < 1.29 is 18.8 Å². The van der Waals surface area contributed by atoms with Gasteiger partial charge >= 0.3 is 5.97 Å². The number of hydrogen-bond acceptors (Lipinski definition) is 6. The van der Waals surface area contributed by atoms with Gasteiger partial charge in [0.05, 0.1) is 16.5 Å². The van der Waals surface area contributed by atoms with Gasteiger partial charge in [-0.15, -0.1) is 11.8 Å². The lowest BCUT2D eigenvalue weighted by molar-refractivity contribution is -0.115. The van der Waals surface area contributed by atoms with Crippen LogP contribution in [-0.2, 0) is 16.1 Å². The highest BCUT2D eigenvalue weighted by molar-refractivity contribution is 8.00. The Kier molecular flexibility index (Phi) is 4.68. The van der Waals surface area contributed by atoms with E-state index in [9.17, 15) is 9.59 Å². The molecular formula is C20H16N2O4S. The molecule has 0 spiro atoms. The number of hydrogen-bond donors (Lipinski definition) is 1. The summed E-state index contributed by atoms with van der Waals surface area (Å²) in [4.78, 5) is 25.1. The molecule has 2 aromatic carbocycles. The second-order valence-corrected chi connectivity index (χ2v) is 7.46. The maximum absolute atomic E-state index is 12.3. The molecule has 1 aliphatic rings. The fraction of sp³-hybridized carbons (Fsp3) is 0.150. The van der Waals surface area contributed by atoms with E-state index in [1.165, 1.54) is 11.8 Å². The molecule has 2 heterocycles. The largest absolute Gasteiger partial charge is 0.454 e. The molecule has 6 nitrogen and oxygen atoms in total. The Labute approximate surface area is 159 Å². The third kappa shape index (κ3) is 3.73. The molecule has 0 radical (unpaired) electrons. The van der Waals surface area contributed by atoms with E-state index in [-0.39, 0.29) is 17.8 Å². The number of nitrogens with one attached hydrogen (secondary N) is 1. The van der Waals surface area contributed by atoms with Crippen molar-refractivity contribution in [3.8, 4) is 11.3 Å². The number of aromatic nitrogens is 1. The van der Waals surface area contributed by atoms with Gasteiger partial charge in [-0.3, -0.25) is 4.79 Å². The minimum absolute atomic E-state index is 0.0199. The Morgan fingerprint density at radius 2 is 2.04 bits per heavy atom. The smallest absolute Gasteiger partial charge is 0.338 e. The number of ether oxygens (including phenoxy) is 1. The topological polar surface area (TPSA) is 81.4 Å². The zero-order valence-electron chi connectivity index (χ0n) is 14.5. The number of rotatable bonds is 4. The summed E-state index contributed by atoms with van der Waals surface area (Å²) in [7, 11) is 0. The lowest BCUT2D eigenvalue weighted by Gasteiger charge is -2.21. The molecule has 1 N–H and O–H groups in total. The van der Waals surface area contributed by atoms with Crippen molar-refractivity contribution in [1.29, 1.82) is 0 Å². The molecule has 7 heteroatoms. The van der Waals surface area contributed by atoms with Crippen molar-refractivity contribution in [2.75, 3.05) is 5.32 Å². The van der Waals surface area contributed by atoms with E-state index >= 15 is 0 Å². The minimum Gasteiger partial charge on any atom is -0.454 e. The van der Waals surface area contributed by atoms with E-state index in [2.05, 4.69) is 10.5 Å². The first kappa shape index (κ1) is 17.4. The number of amides is 1. The van der Waals surface area contributed by atoms with Gasteiger partial charge in [0, 0.05) is 16.5 Å². The summed E-state index contributed by atoms with van der Waals surface area (Å²) in [6.07, 6.45) is 0. The van der Waals surface area contributed by atoms with Gasteiger partial charge in [0.25, 0.3) is 0 Å². The van der Waals surface area contributed by atoms with E-state index < -0.39 is 5.97 Å². The molecule has 1 aliphatic heterocycles. The summed E-state index contributed by atoms with van der Waals surface area (Å²) in [6, 6.07) is 16.5. The summed E-state index contributed by atoms with van der Waals surface area (Å²) in [5.41, 5.74) is 2.61. The van der Waals surface area contributed by atoms with Crippen LogP contribution < -0.4 is 5.32 Å². The zero-order valence-corrected chi connectivity index (χ0v) is 15.3. The predicted molar refractivity (Wildman–Crippen MR) is 101 cm³/mol. The summed E-state index contributed by atoms with van der Waals surface area (Å²) in [5, 5.41) is 6.65. The molecule has 4 rings (SSSR count). The van der Waals surface area contributed by atoms with E-state index in [1.807, 2.05) is 43.3 Å². The van der Waals surface area contributed by atoms with Gasteiger partial charge in [0.2, 0.25) is 5.91 Å². The number of nitrogens with zero attached hydrogens (tertiary/aromatic N) is 1. The Bertz CT molecular complexity index is 1000. The Morgan fingerprint density at radius 1 is 1.22 bits per heavy atom. The maximum atomic E-state index is 12.3. The summed E-state index contributed by atoms with van der Waals surface area (Å²) >= 11 is 1.46.